The minimum Gasteiger partial charge on any atom is -0.472 e. The van der Waals surface area contributed by atoms with E-state index in [-0.39, 0.29) is 6.10 Å². The van der Waals surface area contributed by atoms with E-state index in [0.717, 1.165) is 42.7 Å². The van der Waals surface area contributed by atoms with E-state index in [0.29, 0.717) is 12.5 Å². The van der Waals surface area contributed by atoms with Crippen LogP contribution in [0.5, 0.6) is 5.88 Å². The summed E-state index contributed by atoms with van der Waals surface area (Å²) in [5.41, 5.74) is 13.6. The topological polar surface area (TPSA) is 57.4 Å². The smallest absolute Gasteiger partial charge is 0.214 e. The lowest BCUT2D eigenvalue weighted by Crippen LogP contribution is -2.16. The van der Waals surface area contributed by atoms with Crippen LogP contribution in [-0.4, -0.2) is 24.3 Å². The van der Waals surface area contributed by atoms with Crippen molar-refractivity contribution in [3.8, 4) is 17.0 Å². The third-order valence-electron chi connectivity index (χ3n) is 4.84. The Morgan fingerprint density at radius 2 is 2.22 bits per heavy atom. The second kappa shape index (κ2) is 5.85. The number of hydrogen-bond donors (Lipinski definition) is 1. The van der Waals surface area contributed by atoms with Crippen molar-refractivity contribution in [2.75, 3.05) is 18.9 Å². The Hall–Kier alpha value is -2.07. The first-order valence-corrected chi connectivity index (χ1v) is 8.34. The van der Waals surface area contributed by atoms with Gasteiger partial charge >= 0.3 is 0 Å². The molecule has 1 aromatic carbocycles. The van der Waals surface area contributed by atoms with Crippen LogP contribution in [-0.2, 0) is 17.6 Å². The van der Waals surface area contributed by atoms with Gasteiger partial charge in [-0.05, 0) is 54.5 Å². The third kappa shape index (κ3) is 2.68. The van der Waals surface area contributed by atoms with Crippen LogP contribution in [0.4, 0.5) is 5.69 Å². The molecule has 1 unspecified atom stereocenters. The second-order valence-electron chi connectivity index (χ2n) is 6.46. The van der Waals surface area contributed by atoms with Crippen molar-refractivity contribution in [3.63, 3.8) is 0 Å². The van der Waals surface area contributed by atoms with Crippen LogP contribution in [0.3, 0.4) is 0 Å². The van der Waals surface area contributed by atoms with Crippen LogP contribution in [0.25, 0.3) is 11.1 Å². The zero-order valence-corrected chi connectivity index (χ0v) is 13.5. The van der Waals surface area contributed by atoms with Crippen molar-refractivity contribution in [3.05, 3.63) is 41.1 Å². The van der Waals surface area contributed by atoms with E-state index in [1.807, 2.05) is 12.1 Å². The first-order valence-electron chi connectivity index (χ1n) is 8.34. The second-order valence-corrected chi connectivity index (χ2v) is 6.46. The first-order chi connectivity index (χ1) is 11.2. The Morgan fingerprint density at radius 3 is 3.04 bits per heavy atom. The lowest BCUT2D eigenvalue weighted by molar-refractivity contribution is 0.138. The van der Waals surface area contributed by atoms with Gasteiger partial charge in [-0.2, -0.15) is 0 Å². The van der Waals surface area contributed by atoms with Gasteiger partial charge in [0.1, 0.15) is 6.10 Å². The molecule has 1 fully saturated rings. The number of nitrogen functional groups attached to an aromatic ring is 1. The molecule has 120 valence electrons. The Balaban J connectivity index is 1.70. The van der Waals surface area contributed by atoms with Crippen molar-refractivity contribution in [2.45, 2.75) is 38.7 Å². The zero-order valence-electron chi connectivity index (χ0n) is 13.5. The molecule has 0 bridgehead atoms. The lowest BCUT2D eigenvalue weighted by atomic mass is 9.93. The van der Waals surface area contributed by atoms with E-state index >= 15 is 0 Å². The summed E-state index contributed by atoms with van der Waals surface area (Å²) in [5.74, 6) is 0.650. The molecule has 1 aliphatic heterocycles. The van der Waals surface area contributed by atoms with Gasteiger partial charge in [0, 0.05) is 29.9 Å². The molecule has 0 amide bonds. The minimum atomic E-state index is 0.108. The maximum atomic E-state index is 6.50. The van der Waals surface area contributed by atoms with Crippen molar-refractivity contribution < 1.29 is 9.47 Å². The molecule has 1 aliphatic carbocycles. The molecule has 0 saturated carbocycles. The molecule has 4 heteroatoms. The molecule has 2 N–H and O–H groups in total. The Kier molecular flexibility index (Phi) is 3.69. The summed E-state index contributed by atoms with van der Waals surface area (Å²) in [5, 5.41) is 0. The summed E-state index contributed by atoms with van der Waals surface area (Å²) in [4.78, 5) is 4.34. The van der Waals surface area contributed by atoms with E-state index in [4.69, 9.17) is 15.2 Å². The molecule has 0 radical (unpaired) electrons. The largest absolute Gasteiger partial charge is 0.472 e. The highest BCUT2D eigenvalue weighted by Gasteiger charge is 2.21. The molecular formula is C19H22N2O2. The molecule has 2 aliphatic rings. The van der Waals surface area contributed by atoms with Crippen LogP contribution < -0.4 is 10.5 Å². The number of fused-ring (bicyclic) bond motifs is 1. The quantitative estimate of drug-likeness (QED) is 0.884. The summed E-state index contributed by atoms with van der Waals surface area (Å²) < 4.78 is 11.3. The first kappa shape index (κ1) is 14.5. The average Bonchev–Trinajstić information content (AvgIpc) is 3.19. The van der Waals surface area contributed by atoms with Crippen molar-refractivity contribution in [2.24, 2.45) is 0 Å². The predicted octanol–water partition coefficient (Wildman–Crippen LogP) is 3.30. The van der Waals surface area contributed by atoms with Gasteiger partial charge in [0.05, 0.1) is 13.2 Å². The molecule has 0 spiro atoms. The average molecular weight is 310 g/mol. The number of nitrogens with two attached hydrogens (primary N) is 1. The number of aryl methyl sites for hydroxylation is 2. The third-order valence-corrected chi connectivity index (χ3v) is 4.84. The van der Waals surface area contributed by atoms with Crippen LogP contribution >= 0.6 is 0 Å². The fraction of sp³-hybridized carbons (Fsp3) is 0.421. The molecule has 2 heterocycles. The van der Waals surface area contributed by atoms with Gasteiger partial charge in [-0.25, -0.2) is 4.98 Å². The summed E-state index contributed by atoms with van der Waals surface area (Å²) in [6.45, 7) is 3.54. The highest BCUT2D eigenvalue weighted by Crippen LogP contribution is 2.38. The van der Waals surface area contributed by atoms with Gasteiger partial charge < -0.3 is 15.2 Å². The summed E-state index contributed by atoms with van der Waals surface area (Å²) in [6, 6.07) is 6.30. The molecular weight excluding hydrogens is 288 g/mol. The molecule has 4 rings (SSSR count). The van der Waals surface area contributed by atoms with E-state index < -0.39 is 0 Å². The lowest BCUT2D eigenvalue weighted by Gasteiger charge is -2.16. The van der Waals surface area contributed by atoms with E-state index in [9.17, 15) is 0 Å². The number of benzene rings is 1. The highest BCUT2D eigenvalue weighted by molar-refractivity contribution is 5.83. The maximum Gasteiger partial charge on any atom is 0.214 e. The van der Waals surface area contributed by atoms with Gasteiger partial charge in [-0.3, -0.25) is 0 Å². The zero-order chi connectivity index (χ0) is 15.8. The summed E-state index contributed by atoms with van der Waals surface area (Å²) >= 11 is 0. The van der Waals surface area contributed by atoms with Crippen LogP contribution in [0.15, 0.2) is 24.4 Å². The summed E-state index contributed by atoms with van der Waals surface area (Å²) in [7, 11) is 0. The monoisotopic (exact) mass is 310 g/mol. The minimum absolute atomic E-state index is 0.108. The number of anilines is 1. The molecule has 23 heavy (non-hydrogen) atoms. The van der Waals surface area contributed by atoms with Crippen LogP contribution in [0.1, 0.15) is 29.5 Å². The maximum absolute atomic E-state index is 6.50. The molecule has 1 saturated heterocycles. The Bertz CT molecular complexity index is 736. The fourth-order valence-electron chi connectivity index (χ4n) is 3.72. The number of rotatable bonds is 3. The van der Waals surface area contributed by atoms with Crippen molar-refractivity contribution in [1.29, 1.82) is 0 Å². The number of pyridine rings is 1. The number of ether oxygens (including phenoxy) is 2. The number of nitrogens with zero attached hydrogens (tertiary/aromatic N) is 1. The van der Waals surface area contributed by atoms with Gasteiger partial charge in [0.25, 0.3) is 0 Å². The van der Waals surface area contributed by atoms with Crippen LogP contribution in [0.2, 0.25) is 0 Å². The van der Waals surface area contributed by atoms with Gasteiger partial charge in [0.15, 0.2) is 0 Å². The Morgan fingerprint density at radius 1 is 1.30 bits per heavy atom. The van der Waals surface area contributed by atoms with Crippen molar-refractivity contribution in [1.82, 2.24) is 4.98 Å². The van der Waals surface area contributed by atoms with E-state index in [1.165, 1.54) is 23.1 Å². The number of aromatic nitrogens is 1. The molecule has 2 aromatic rings. The van der Waals surface area contributed by atoms with Crippen molar-refractivity contribution >= 4 is 5.69 Å². The normalized spacial score (nSPS) is 19.8. The van der Waals surface area contributed by atoms with Crippen LogP contribution in [0, 0.1) is 6.92 Å². The van der Waals surface area contributed by atoms with Gasteiger partial charge in [-0.1, -0.05) is 6.07 Å². The molecule has 1 aromatic heterocycles. The molecule has 4 nitrogen and oxygen atoms in total. The fourth-order valence-corrected chi connectivity index (χ4v) is 3.72. The number of hydrogen-bond acceptors (Lipinski definition) is 4. The highest BCUT2D eigenvalue weighted by atomic mass is 16.5. The molecule has 1 atom stereocenters. The summed E-state index contributed by atoms with van der Waals surface area (Å²) in [6.07, 6.45) is 6.26. The van der Waals surface area contributed by atoms with Gasteiger partial charge in [0.2, 0.25) is 5.88 Å². The predicted molar refractivity (Wildman–Crippen MR) is 90.7 cm³/mol. The Labute approximate surface area is 136 Å². The van der Waals surface area contributed by atoms with E-state index in [2.05, 4.69) is 18.0 Å². The van der Waals surface area contributed by atoms with Gasteiger partial charge in [-0.15, -0.1) is 0 Å². The SMILES string of the molecule is Cc1cc2c(c(N)c1-c1ccnc(OC3CCOC3)c1)CCC2. The standard InChI is InChI=1S/C19H22N2O2/c1-12-9-13-3-2-4-16(13)19(20)18(12)14-5-7-21-17(10-14)23-15-6-8-22-11-15/h5,7,9-10,15H,2-4,6,8,11,20H2,1H3. The van der Waals surface area contributed by atoms with E-state index in [1.54, 1.807) is 6.20 Å².